The number of rotatable bonds is 5. The Morgan fingerprint density at radius 1 is 1.33 bits per heavy atom. The minimum atomic E-state index is -4.34. The molecule has 0 aliphatic carbocycles. The first-order valence-corrected chi connectivity index (χ1v) is 5.43. The predicted molar refractivity (Wildman–Crippen MR) is 61.3 cm³/mol. The molecule has 3 nitrogen and oxygen atoms in total. The molecule has 0 aromatic heterocycles. The van der Waals surface area contributed by atoms with E-state index in [9.17, 15) is 13.2 Å². The van der Waals surface area contributed by atoms with Crippen LogP contribution in [0.2, 0.25) is 0 Å². The number of alkyl halides is 3. The summed E-state index contributed by atoms with van der Waals surface area (Å²) in [5.74, 6) is 0.488. The molecule has 0 saturated heterocycles. The van der Waals surface area contributed by atoms with Gasteiger partial charge in [0.15, 0.2) is 6.79 Å². The van der Waals surface area contributed by atoms with Crippen molar-refractivity contribution in [3.05, 3.63) is 29.3 Å². The SMILES string of the molecule is Cc1cc([C@@H](C)N)ccc1OCOCC(F)(F)F. The van der Waals surface area contributed by atoms with Crippen molar-refractivity contribution >= 4 is 0 Å². The van der Waals surface area contributed by atoms with Gasteiger partial charge in [-0.2, -0.15) is 13.2 Å². The fourth-order valence-electron chi connectivity index (χ4n) is 1.38. The first-order valence-electron chi connectivity index (χ1n) is 5.43. The summed E-state index contributed by atoms with van der Waals surface area (Å²) in [5.41, 5.74) is 7.46. The number of nitrogens with two attached hydrogens (primary N) is 1. The molecule has 0 aliphatic heterocycles. The number of hydrogen-bond donors (Lipinski definition) is 1. The summed E-state index contributed by atoms with van der Waals surface area (Å²) in [6.07, 6.45) is -4.34. The minimum absolute atomic E-state index is 0.0979. The molecule has 0 fully saturated rings. The smallest absolute Gasteiger partial charge is 0.411 e. The molecule has 0 amide bonds. The number of halogens is 3. The van der Waals surface area contributed by atoms with Gasteiger partial charge in [0.1, 0.15) is 12.4 Å². The predicted octanol–water partition coefficient (Wildman–Crippen LogP) is 2.93. The van der Waals surface area contributed by atoms with E-state index in [2.05, 4.69) is 4.74 Å². The van der Waals surface area contributed by atoms with Gasteiger partial charge < -0.3 is 15.2 Å². The Hall–Kier alpha value is -1.27. The zero-order valence-electron chi connectivity index (χ0n) is 10.3. The quantitative estimate of drug-likeness (QED) is 0.656. The fraction of sp³-hybridized carbons (Fsp3) is 0.500. The van der Waals surface area contributed by atoms with Gasteiger partial charge in [0.2, 0.25) is 0 Å². The van der Waals surface area contributed by atoms with Gasteiger partial charge in [-0.25, -0.2) is 0 Å². The van der Waals surface area contributed by atoms with Gasteiger partial charge >= 0.3 is 6.18 Å². The Kier molecular flexibility index (Phi) is 4.98. The molecule has 1 aromatic carbocycles. The van der Waals surface area contributed by atoms with Crippen molar-refractivity contribution in [3.8, 4) is 5.75 Å². The molecule has 102 valence electrons. The van der Waals surface area contributed by atoms with Crippen molar-refractivity contribution in [1.82, 2.24) is 0 Å². The highest BCUT2D eigenvalue weighted by Gasteiger charge is 2.27. The van der Waals surface area contributed by atoms with Gasteiger partial charge in [-0.05, 0) is 31.0 Å². The van der Waals surface area contributed by atoms with Crippen LogP contribution in [0.4, 0.5) is 13.2 Å². The molecular formula is C12H16F3NO2. The van der Waals surface area contributed by atoms with Gasteiger partial charge in [0, 0.05) is 6.04 Å². The van der Waals surface area contributed by atoms with Crippen LogP contribution in [-0.2, 0) is 4.74 Å². The third-order valence-electron chi connectivity index (χ3n) is 2.29. The van der Waals surface area contributed by atoms with Crippen LogP contribution in [0.3, 0.4) is 0 Å². The highest BCUT2D eigenvalue weighted by molar-refractivity contribution is 5.37. The summed E-state index contributed by atoms with van der Waals surface area (Å²) in [7, 11) is 0. The highest BCUT2D eigenvalue weighted by atomic mass is 19.4. The maximum Gasteiger partial charge on any atom is 0.411 e. The molecular weight excluding hydrogens is 247 g/mol. The highest BCUT2D eigenvalue weighted by Crippen LogP contribution is 2.22. The van der Waals surface area contributed by atoms with E-state index in [1.54, 1.807) is 19.1 Å². The largest absolute Gasteiger partial charge is 0.467 e. The summed E-state index contributed by atoms with van der Waals surface area (Å²) >= 11 is 0. The van der Waals surface area contributed by atoms with Crippen LogP contribution in [0.1, 0.15) is 24.1 Å². The minimum Gasteiger partial charge on any atom is -0.467 e. The number of aryl methyl sites for hydroxylation is 1. The summed E-state index contributed by atoms with van der Waals surface area (Å²) in [6.45, 7) is 1.90. The summed E-state index contributed by atoms with van der Waals surface area (Å²) in [4.78, 5) is 0. The van der Waals surface area contributed by atoms with E-state index in [-0.39, 0.29) is 6.04 Å². The first kappa shape index (κ1) is 14.8. The molecule has 18 heavy (non-hydrogen) atoms. The second kappa shape index (κ2) is 6.06. The average molecular weight is 263 g/mol. The molecule has 0 bridgehead atoms. The van der Waals surface area contributed by atoms with Crippen molar-refractivity contribution in [2.45, 2.75) is 26.1 Å². The van der Waals surface area contributed by atoms with Crippen molar-refractivity contribution in [3.63, 3.8) is 0 Å². The molecule has 1 atom stereocenters. The summed E-state index contributed by atoms with van der Waals surface area (Å²) in [6, 6.07) is 5.19. The van der Waals surface area contributed by atoms with Gasteiger partial charge in [0.05, 0.1) is 0 Å². The van der Waals surface area contributed by atoms with E-state index in [4.69, 9.17) is 10.5 Å². The van der Waals surface area contributed by atoms with E-state index in [0.717, 1.165) is 11.1 Å². The molecule has 2 N–H and O–H groups in total. The van der Waals surface area contributed by atoms with Gasteiger partial charge in [0.25, 0.3) is 0 Å². The molecule has 0 heterocycles. The van der Waals surface area contributed by atoms with E-state index < -0.39 is 19.6 Å². The maximum absolute atomic E-state index is 11.8. The van der Waals surface area contributed by atoms with E-state index in [1.165, 1.54) is 0 Å². The Morgan fingerprint density at radius 3 is 2.50 bits per heavy atom. The lowest BCUT2D eigenvalue weighted by Crippen LogP contribution is -2.19. The molecule has 0 spiro atoms. The van der Waals surface area contributed by atoms with E-state index in [0.29, 0.717) is 5.75 Å². The van der Waals surface area contributed by atoms with Crippen LogP contribution < -0.4 is 10.5 Å². The Labute approximate surface area is 104 Å². The van der Waals surface area contributed by atoms with Crippen LogP contribution >= 0.6 is 0 Å². The molecule has 0 radical (unpaired) electrons. The Morgan fingerprint density at radius 2 is 2.00 bits per heavy atom. The second-order valence-corrected chi connectivity index (χ2v) is 4.04. The van der Waals surface area contributed by atoms with Crippen molar-refractivity contribution in [1.29, 1.82) is 0 Å². The van der Waals surface area contributed by atoms with Crippen molar-refractivity contribution in [2.24, 2.45) is 5.73 Å². The lowest BCUT2D eigenvalue weighted by Gasteiger charge is -2.13. The number of ether oxygens (including phenoxy) is 2. The van der Waals surface area contributed by atoms with E-state index in [1.807, 2.05) is 13.0 Å². The zero-order chi connectivity index (χ0) is 13.8. The lowest BCUT2D eigenvalue weighted by atomic mass is 10.1. The maximum atomic E-state index is 11.8. The average Bonchev–Trinajstić information content (AvgIpc) is 2.24. The molecule has 0 saturated carbocycles. The lowest BCUT2D eigenvalue weighted by molar-refractivity contribution is -0.186. The fourth-order valence-corrected chi connectivity index (χ4v) is 1.38. The van der Waals surface area contributed by atoms with Gasteiger partial charge in [-0.15, -0.1) is 0 Å². The monoisotopic (exact) mass is 263 g/mol. The standard InChI is InChI=1S/C12H16F3NO2/c1-8-5-10(9(2)16)3-4-11(8)18-7-17-6-12(13,14)15/h3-5,9H,6-7,16H2,1-2H3/t9-/m1/s1. The second-order valence-electron chi connectivity index (χ2n) is 4.04. The molecule has 1 aromatic rings. The van der Waals surface area contributed by atoms with Crippen LogP contribution in [0, 0.1) is 6.92 Å². The first-order chi connectivity index (χ1) is 8.29. The van der Waals surface area contributed by atoms with Gasteiger partial charge in [-0.1, -0.05) is 12.1 Å². The van der Waals surface area contributed by atoms with Crippen LogP contribution in [-0.4, -0.2) is 19.6 Å². The third-order valence-corrected chi connectivity index (χ3v) is 2.29. The number of hydrogen-bond acceptors (Lipinski definition) is 3. The van der Waals surface area contributed by atoms with Crippen LogP contribution in [0.5, 0.6) is 5.75 Å². The molecule has 0 aliphatic rings. The normalized spacial score (nSPS) is 13.4. The molecule has 0 unspecified atom stereocenters. The topological polar surface area (TPSA) is 44.5 Å². The molecule has 6 heteroatoms. The van der Waals surface area contributed by atoms with Gasteiger partial charge in [-0.3, -0.25) is 0 Å². The number of benzene rings is 1. The van der Waals surface area contributed by atoms with Crippen LogP contribution in [0.15, 0.2) is 18.2 Å². The Balaban J connectivity index is 2.48. The summed E-state index contributed by atoms with van der Waals surface area (Å²) in [5, 5.41) is 0. The van der Waals surface area contributed by atoms with Crippen molar-refractivity contribution in [2.75, 3.05) is 13.4 Å². The zero-order valence-corrected chi connectivity index (χ0v) is 10.3. The Bertz CT molecular complexity index is 391. The molecule has 1 rings (SSSR count). The third kappa shape index (κ3) is 4.93. The van der Waals surface area contributed by atoms with E-state index >= 15 is 0 Å². The van der Waals surface area contributed by atoms with Crippen molar-refractivity contribution < 1.29 is 22.6 Å². The summed E-state index contributed by atoms with van der Waals surface area (Å²) < 4.78 is 44.9. The van der Waals surface area contributed by atoms with Crippen LogP contribution in [0.25, 0.3) is 0 Å².